The van der Waals surface area contributed by atoms with Gasteiger partial charge in [0, 0.05) is 28.4 Å². The van der Waals surface area contributed by atoms with Crippen LogP contribution in [0.4, 0.5) is 0 Å². The van der Waals surface area contributed by atoms with Crippen molar-refractivity contribution in [1.29, 1.82) is 0 Å². The zero-order valence-electron chi connectivity index (χ0n) is 16.1. The van der Waals surface area contributed by atoms with E-state index < -0.39 is 0 Å². The number of ketones is 1. The van der Waals surface area contributed by atoms with Crippen LogP contribution in [0.1, 0.15) is 48.8 Å². The first kappa shape index (κ1) is 18.1. The maximum absolute atomic E-state index is 12.9. The Morgan fingerprint density at radius 1 is 1.04 bits per heavy atom. The summed E-state index contributed by atoms with van der Waals surface area (Å²) in [5.74, 6) is 0.240. The monoisotopic (exact) mass is 377 g/mol. The fourth-order valence-electron chi connectivity index (χ4n) is 4.15. The van der Waals surface area contributed by atoms with Gasteiger partial charge in [0.15, 0.2) is 5.78 Å². The fourth-order valence-corrected chi connectivity index (χ4v) is 4.27. The predicted molar refractivity (Wildman–Crippen MR) is 112 cm³/mol. The molecule has 0 aliphatic heterocycles. The van der Waals surface area contributed by atoms with Gasteiger partial charge < -0.3 is 4.57 Å². The number of hydrogen-bond donors (Lipinski definition) is 0. The number of Topliss-reactive ketones (excluding diaryl/α,β-unsaturated/α-hetero) is 1. The second-order valence-electron chi connectivity index (χ2n) is 8.16. The number of hydrogen-bond acceptors (Lipinski definition) is 1. The standard InChI is InChI=1S/C24H24ClNO/c1-4-16-7-5-6-8-20(16)26-21(17-9-11-18(25)12-10-17)13-19-22(26)14-24(2,3)15-23(19)27/h5-13H,4,14-15H2,1-3H3. The first-order valence-electron chi connectivity index (χ1n) is 9.51. The number of benzene rings is 2. The van der Waals surface area contributed by atoms with Gasteiger partial charge in [-0.05, 0) is 53.6 Å². The van der Waals surface area contributed by atoms with Crippen LogP contribution >= 0.6 is 11.6 Å². The molecule has 0 N–H and O–H groups in total. The Bertz CT molecular complexity index is 1010. The van der Waals surface area contributed by atoms with Gasteiger partial charge in [-0.3, -0.25) is 4.79 Å². The molecule has 3 heteroatoms. The number of halogens is 1. The van der Waals surface area contributed by atoms with Gasteiger partial charge in [-0.1, -0.05) is 62.7 Å². The molecular formula is C24H24ClNO. The van der Waals surface area contributed by atoms with Crippen molar-refractivity contribution in [3.63, 3.8) is 0 Å². The molecule has 3 aromatic rings. The van der Waals surface area contributed by atoms with E-state index in [2.05, 4.69) is 55.7 Å². The zero-order valence-corrected chi connectivity index (χ0v) is 16.8. The smallest absolute Gasteiger partial charge is 0.165 e. The van der Waals surface area contributed by atoms with E-state index in [4.69, 9.17) is 11.6 Å². The van der Waals surface area contributed by atoms with Crippen LogP contribution in [0.5, 0.6) is 0 Å². The van der Waals surface area contributed by atoms with Crippen LogP contribution in [-0.4, -0.2) is 10.4 Å². The number of carbonyl (C=O) groups is 1. The Hall–Kier alpha value is -2.32. The summed E-state index contributed by atoms with van der Waals surface area (Å²) in [7, 11) is 0. The van der Waals surface area contributed by atoms with Gasteiger partial charge in [0.2, 0.25) is 0 Å². The Morgan fingerprint density at radius 2 is 1.74 bits per heavy atom. The molecule has 2 aromatic carbocycles. The van der Waals surface area contributed by atoms with Crippen LogP contribution in [0.3, 0.4) is 0 Å². The summed E-state index contributed by atoms with van der Waals surface area (Å²) >= 11 is 6.10. The molecule has 0 saturated heterocycles. The lowest BCUT2D eigenvalue weighted by Crippen LogP contribution is -2.28. The predicted octanol–water partition coefficient (Wildman–Crippen LogP) is 6.52. The number of para-hydroxylation sites is 1. The molecule has 27 heavy (non-hydrogen) atoms. The summed E-state index contributed by atoms with van der Waals surface area (Å²) in [6.07, 6.45) is 2.43. The van der Waals surface area contributed by atoms with Crippen molar-refractivity contribution in [2.75, 3.05) is 0 Å². The van der Waals surface area contributed by atoms with Crippen molar-refractivity contribution in [1.82, 2.24) is 4.57 Å². The van der Waals surface area contributed by atoms with Crippen LogP contribution < -0.4 is 0 Å². The normalized spacial score (nSPS) is 15.6. The second-order valence-corrected chi connectivity index (χ2v) is 8.59. The van der Waals surface area contributed by atoms with Gasteiger partial charge in [-0.2, -0.15) is 0 Å². The topological polar surface area (TPSA) is 22.0 Å². The van der Waals surface area contributed by atoms with E-state index in [1.165, 1.54) is 5.56 Å². The molecule has 2 nitrogen and oxygen atoms in total. The van der Waals surface area contributed by atoms with Gasteiger partial charge in [-0.25, -0.2) is 0 Å². The third-order valence-corrected chi connectivity index (χ3v) is 5.69. The van der Waals surface area contributed by atoms with E-state index in [0.717, 1.165) is 41.0 Å². The van der Waals surface area contributed by atoms with Crippen molar-refractivity contribution in [2.45, 2.75) is 40.0 Å². The maximum Gasteiger partial charge on any atom is 0.165 e. The van der Waals surface area contributed by atoms with Crippen LogP contribution in [0.25, 0.3) is 16.9 Å². The average molecular weight is 378 g/mol. The van der Waals surface area contributed by atoms with Gasteiger partial charge >= 0.3 is 0 Å². The summed E-state index contributed by atoms with van der Waals surface area (Å²) in [5.41, 5.74) is 6.54. The van der Waals surface area contributed by atoms with Crippen LogP contribution in [0.15, 0.2) is 54.6 Å². The van der Waals surface area contributed by atoms with Crippen LogP contribution in [0.2, 0.25) is 5.02 Å². The molecule has 0 bridgehead atoms. The van der Waals surface area contributed by atoms with Crippen molar-refractivity contribution >= 4 is 17.4 Å². The van der Waals surface area contributed by atoms with E-state index in [-0.39, 0.29) is 11.2 Å². The maximum atomic E-state index is 12.9. The molecule has 0 atom stereocenters. The first-order chi connectivity index (χ1) is 12.9. The van der Waals surface area contributed by atoms with Crippen LogP contribution in [-0.2, 0) is 12.8 Å². The van der Waals surface area contributed by atoms with E-state index in [1.807, 2.05) is 24.3 Å². The summed E-state index contributed by atoms with van der Waals surface area (Å²) in [6.45, 7) is 6.53. The molecule has 1 aromatic heterocycles. The highest BCUT2D eigenvalue weighted by atomic mass is 35.5. The highest BCUT2D eigenvalue weighted by molar-refractivity contribution is 6.30. The number of carbonyl (C=O) groups excluding carboxylic acids is 1. The number of nitrogens with zero attached hydrogens (tertiary/aromatic N) is 1. The van der Waals surface area contributed by atoms with E-state index in [1.54, 1.807) is 0 Å². The SMILES string of the molecule is CCc1ccccc1-n1c(-c2ccc(Cl)cc2)cc2c1CC(C)(C)CC2=O. The third kappa shape index (κ3) is 3.23. The number of aryl methyl sites for hydroxylation is 1. The Balaban J connectivity index is 2.02. The van der Waals surface area contributed by atoms with Gasteiger partial charge in [0.25, 0.3) is 0 Å². The van der Waals surface area contributed by atoms with Crippen molar-refractivity contribution < 1.29 is 4.79 Å². The molecule has 0 spiro atoms. The molecule has 0 unspecified atom stereocenters. The lowest BCUT2D eigenvalue weighted by molar-refractivity contribution is 0.0911. The molecule has 4 rings (SSSR count). The van der Waals surface area contributed by atoms with E-state index in [9.17, 15) is 4.79 Å². The number of rotatable bonds is 3. The molecule has 0 saturated carbocycles. The average Bonchev–Trinajstić information content (AvgIpc) is 3.00. The second kappa shape index (κ2) is 6.69. The largest absolute Gasteiger partial charge is 0.313 e. The summed E-state index contributed by atoms with van der Waals surface area (Å²) in [4.78, 5) is 12.9. The highest BCUT2D eigenvalue weighted by Gasteiger charge is 2.35. The molecule has 138 valence electrons. The molecule has 1 aliphatic rings. The Morgan fingerprint density at radius 3 is 2.44 bits per heavy atom. The number of fused-ring (bicyclic) bond motifs is 1. The van der Waals surface area contributed by atoms with Gasteiger partial charge in [-0.15, -0.1) is 0 Å². The van der Waals surface area contributed by atoms with Crippen LogP contribution in [0, 0.1) is 5.41 Å². The molecule has 0 radical (unpaired) electrons. The molecular weight excluding hydrogens is 354 g/mol. The molecule has 0 amide bonds. The molecule has 1 heterocycles. The fraction of sp³-hybridized carbons (Fsp3) is 0.292. The third-order valence-electron chi connectivity index (χ3n) is 5.44. The molecule has 0 fully saturated rings. The Kier molecular flexibility index (Phi) is 4.47. The summed E-state index contributed by atoms with van der Waals surface area (Å²) < 4.78 is 2.30. The minimum atomic E-state index is -0.0292. The summed E-state index contributed by atoms with van der Waals surface area (Å²) in [6, 6.07) is 18.4. The van der Waals surface area contributed by atoms with Crippen molar-refractivity contribution in [3.8, 4) is 16.9 Å². The quantitative estimate of drug-likeness (QED) is 0.509. The van der Waals surface area contributed by atoms with Crippen molar-refractivity contribution in [2.24, 2.45) is 5.41 Å². The lowest BCUT2D eigenvalue weighted by atomic mass is 9.76. The van der Waals surface area contributed by atoms with Gasteiger partial charge in [0.05, 0.1) is 5.69 Å². The minimum absolute atomic E-state index is 0.0292. The van der Waals surface area contributed by atoms with E-state index in [0.29, 0.717) is 11.4 Å². The highest BCUT2D eigenvalue weighted by Crippen LogP contribution is 2.40. The van der Waals surface area contributed by atoms with E-state index >= 15 is 0 Å². The minimum Gasteiger partial charge on any atom is -0.313 e. The molecule has 1 aliphatic carbocycles. The Labute approximate surface area is 165 Å². The first-order valence-corrected chi connectivity index (χ1v) is 9.89. The zero-order chi connectivity index (χ0) is 19.2. The van der Waals surface area contributed by atoms with Crippen molar-refractivity contribution in [3.05, 3.63) is 76.4 Å². The summed E-state index contributed by atoms with van der Waals surface area (Å²) in [5, 5.41) is 0.716. The lowest BCUT2D eigenvalue weighted by Gasteiger charge is -2.30. The number of aromatic nitrogens is 1. The van der Waals surface area contributed by atoms with Gasteiger partial charge in [0.1, 0.15) is 0 Å².